The average molecular weight is 423 g/mol. The minimum atomic E-state index is -0.103. The number of rotatable bonds is 7. The van der Waals surface area contributed by atoms with E-state index >= 15 is 0 Å². The van der Waals surface area contributed by atoms with Gasteiger partial charge in [-0.25, -0.2) is 4.79 Å². The number of benzene rings is 2. The maximum Gasteiger partial charge on any atom is 0.321 e. The first-order valence-electron chi connectivity index (χ1n) is 11.1. The Morgan fingerprint density at radius 2 is 1.61 bits per heavy atom. The van der Waals surface area contributed by atoms with Crippen molar-refractivity contribution in [3.8, 4) is 0 Å². The van der Waals surface area contributed by atoms with Crippen LogP contribution in [0.4, 0.5) is 10.5 Å². The van der Waals surface area contributed by atoms with Crippen LogP contribution in [0.2, 0.25) is 0 Å². The summed E-state index contributed by atoms with van der Waals surface area (Å²) in [6.45, 7) is 6.93. The highest BCUT2D eigenvalue weighted by Gasteiger charge is 2.27. The molecule has 0 saturated carbocycles. The molecule has 6 heteroatoms. The highest BCUT2D eigenvalue weighted by Crippen LogP contribution is 2.19. The fourth-order valence-electron chi connectivity index (χ4n) is 3.73. The van der Waals surface area contributed by atoms with Crippen LogP contribution in [0.15, 0.2) is 54.6 Å². The molecule has 1 aliphatic rings. The molecule has 1 heterocycles. The van der Waals surface area contributed by atoms with Crippen LogP contribution in [0.3, 0.4) is 0 Å². The number of carbonyl (C=O) groups is 2. The Morgan fingerprint density at radius 1 is 1.00 bits per heavy atom. The summed E-state index contributed by atoms with van der Waals surface area (Å²) in [7, 11) is 2.11. The van der Waals surface area contributed by atoms with E-state index in [4.69, 9.17) is 0 Å². The molecule has 1 aliphatic heterocycles. The number of piperidine rings is 1. The van der Waals surface area contributed by atoms with Crippen LogP contribution in [0.1, 0.15) is 37.8 Å². The van der Waals surface area contributed by atoms with Gasteiger partial charge in [0.2, 0.25) is 5.91 Å². The second-order valence-electron chi connectivity index (χ2n) is 8.55. The molecule has 31 heavy (non-hydrogen) atoms. The topological polar surface area (TPSA) is 64.7 Å². The predicted octanol–water partition coefficient (Wildman–Crippen LogP) is 4.09. The largest absolute Gasteiger partial charge is 0.352 e. The molecule has 1 saturated heterocycles. The molecule has 0 spiro atoms. The fourth-order valence-corrected chi connectivity index (χ4v) is 3.73. The molecule has 166 valence electrons. The van der Waals surface area contributed by atoms with Gasteiger partial charge in [0.25, 0.3) is 0 Å². The molecular weight excluding hydrogens is 388 g/mol. The normalized spacial score (nSPS) is 14.7. The highest BCUT2D eigenvalue weighted by molar-refractivity contribution is 5.89. The number of nitrogens with zero attached hydrogens (tertiary/aromatic N) is 2. The molecule has 0 bridgehead atoms. The van der Waals surface area contributed by atoms with Crippen molar-refractivity contribution in [2.45, 2.75) is 45.8 Å². The van der Waals surface area contributed by atoms with Crippen molar-refractivity contribution in [3.63, 3.8) is 0 Å². The summed E-state index contributed by atoms with van der Waals surface area (Å²) in [4.78, 5) is 29.3. The van der Waals surface area contributed by atoms with Crippen LogP contribution in [0.25, 0.3) is 0 Å². The lowest BCUT2D eigenvalue weighted by molar-refractivity contribution is -0.126. The van der Waals surface area contributed by atoms with Crippen molar-refractivity contribution in [2.24, 2.45) is 5.92 Å². The summed E-state index contributed by atoms with van der Waals surface area (Å²) in [6.07, 6.45) is 1.37. The third-order valence-corrected chi connectivity index (χ3v) is 6.05. The number of para-hydroxylation sites is 1. The molecule has 1 fully saturated rings. The number of likely N-dealkylation sites (tertiary alicyclic amines) is 1. The van der Waals surface area contributed by atoms with Gasteiger partial charge in [0.1, 0.15) is 0 Å². The van der Waals surface area contributed by atoms with Gasteiger partial charge in [0.05, 0.1) is 0 Å². The minimum Gasteiger partial charge on any atom is -0.352 e. The monoisotopic (exact) mass is 422 g/mol. The van der Waals surface area contributed by atoms with E-state index < -0.39 is 0 Å². The quantitative estimate of drug-likeness (QED) is 0.706. The van der Waals surface area contributed by atoms with Gasteiger partial charge in [0, 0.05) is 43.8 Å². The van der Waals surface area contributed by atoms with Gasteiger partial charge in [-0.3, -0.25) is 9.69 Å². The standard InChI is InChI=1S/C25H34N4O2/c1-19(2)28(3)18-22-10-8-7-9-21(22)17-26-24(30)20-13-15-29(16-14-20)25(31)27-23-11-5-4-6-12-23/h4-12,19-20H,13-18H2,1-3H3,(H,26,30)(H,27,31). The lowest BCUT2D eigenvalue weighted by Crippen LogP contribution is -2.44. The van der Waals surface area contributed by atoms with Gasteiger partial charge in [-0.2, -0.15) is 0 Å². The number of anilines is 1. The Balaban J connectivity index is 1.47. The summed E-state index contributed by atoms with van der Waals surface area (Å²) in [5, 5.41) is 6.03. The van der Waals surface area contributed by atoms with E-state index in [0.29, 0.717) is 38.5 Å². The van der Waals surface area contributed by atoms with E-state index in [-0.39, 0.29) is 17.9 Å². The highest BCUT2D eigenvalue weighted by atomic mass is 16.2. The van der Waals surface area contributed by atoms with E-state index in [1.54, 1.807) is 4.90 Å². The van der Waals surface area contributed by atoms with Crippen LogP contribution in [-0.2, 0) is 17.9 Å². The Hall–Kier alpha value is -2.86. The first kappa shape index (κ1) is 22.8. The molecule has 6 nitrogen and oxygen atoms in total. The predicted molar refractivity (Wildman–Crippen MR) is 125 cm³/mol. The second kappa shape index (κ2) is 11.0. The number of nitrogens with one attached hydrogen (secondary N) is 2. The van der Waals surface area contributed by atoms with E-state index in [1.807, 2.05) is 42.5 Å². The molecule has 0 unspecified atom stereocenters. The molecule has 0 atom stereocenters. The zero-order valence-electron chi connectivity index (χ0n) is 18.8. The van der Waals surface area contributed by atoms with Crippen LogP contribution in [0.5, 0.6) is 0 Å². The maximum absolute atomic E-state index is 12.7. The van der Waals surface area contributed by atoms with Gasteiger partial charge in [-0.1, -0.05) is 42.5 Å². The molecule has 3 rings (SSSR count). The van der Waals surface area contributed by atoms with Crippen molar-refractivity contribution in [3.05, 3.63) is 65.7 Å². The number of urea groups is 1. The minimum absolute atomic E-state index is 0.0497. The van der Waals surface area contributed by atoms with Crippen LogP contribution < -0.4 is 10.6 Å². The summed E-state index contributed by atoms with van der Waals surface area (Å²) >= 11 is 0. The maximum atomic E-state index is 12.7. The molecule has 2 N–H and O–H groups in total. The molecule has 0 radical (unpaired) electrons. The van der Waals surface area contributed by atoms with E-state index in [9.17, 15) is 9.59 Å². The zero-order chi connectivity index (χ0) is 22.2. The van der Waals surface area contributed by atoms with E-state index in [1.165, 1.54) is 5.56 Å². The third kappa shape index (κ3) is 6.56. The van der Waals surface area contributed by atoms with Gasteiger partial charge >= 0.3 is 6.03 Å². The Labute approximate surface area is 185 Å². The molecular formula is C25H34N4O2. The second-order valence-corrected chi connectivity index (χ2v) is 8.55. The first-order chi connectivity index (χ1) is 14.9. The van der Waals surface area contributed by atoms with Crippen molar-refractivity contribution in [1.29, 1.82) is 0 Å². The lowest BCUT2D eigenvalue weighted by Gasteiger charge is -2.31. The molecule has 0 aromatic heterocycles. The number of amides is 3. The summed E-state index contributed by atoms with van der Waals surface area (Å²) < 4.78 is 0. The SMILES string of the molecule is CC(C)N(C)Cc1ccccc1CNC(=O)C1CCN(C(=O)Nc2ccccc2)CC1. The van der Waals surface area contributed by atoms with Crippen LogP contribution in [-0.4, -0.2) is 47.9 Å². The van der Waals surface area contributed by atoms with Crippen molar-refractivity contribution < 1.29 is 9.59 Å². The third-order valence-electron chi connectivity index (χ3n) is 6.05. The van der Waals surface area contributed by atoms with Crippen molar-refractivity contribution in [2.75, 3.05) is 25.5 Å². The number of hydrogen-bond acceptors (Lipinski definition) is 3. The smallest absolute Gasteiger partial charge is 0.321 e. The van der Waals surface area contributed by atoms with E-state index in [2.05, 4.69) is 48.6 Å². The number of hydrogen-bond donors (Lipinski definition) is 2. The molecule has 0 aliphatic carbocycles. The lowest BCUT2D eigenvalue weighted by atomic mass is 9.96. The fraction of sp³-hybridized carbons (Fsp3) is 0.440. The van der Waals surface area contributed by atoms with Crippen molar-refractivity contribution in [1.82, 2.24) is 15.1 Å². The Morgan fingerprint density at radius 3 is 2.26 bits per heavy atom. The first-order valence-corrected chi connectivity index (χ1v) is 11.1. The van der Waals surface area contributed by atoms with E-state index in [0.717, 1.165) is 17.8 Å². The van der Waals surface area contributed by atoms with Gasteiger partial charge in [-0.15, -0.1) is 0 Å². The van der Waals surface area contributed by atoms with Crippen LogP contribution in [0, 0.1) is 5.92 Å². The molecule has 3 amide bonds. The molecule has 2 aromatic carbocycles. The number of carbonyl (C=O) groups excluding carboxylic acids is 2. The van der Waals surface area contributed by atoms with Crippen LogP contribution >= 0.6 is 0 Å². The zero-order valence-corrected chi connectivity index (χ0v) is 18.8. The van der Waals surface area contributed by atoms with Gasteiger partial charge in [-0.05, 0) is 57.0 Å². The van der Waals surface area contributed by atoms with Crippen molar-refractivity contribution >= 4 is 17.6 Å². The van der Waals surface area contributed by atoms with Gasteiger partial charge in [0.15, 0.2) is 0 Å². The summed E-state index contributed by atoms with van der Waals surface area (Å²) in [5.74, 6) is 0.0291. The van der Waals surface area contributed by atoms with Gasteiger partial charge < -0.3 is 15.5 Å². The Kier molecular flexibility index (Phi) is 8.06. The Bertz CT molecular complexity index is 861. The summed E-state index contributed by atoms with van der Waals surface area (Å²) in [6, 6.07) is 18.1. The summed E-state index contributed by atoms with van der Waals surface area (Å²) in [5.41, 5.74) is 3.18. The average Bonchev–Trinajstić information content (AvgIpc) is 2.79. The molecule has 2 aromatic rings.